The Morgan fingerprint density at radius 1 is 0.367 bits per heavy atom. The highest BCUT2D eigenvalue weighted by Gasteiger charge is 2.27. The van der Waals surface area contributed by atoms with Crippen LogP contribution in [0.25, 0.3) is 22.3 Å². The summed E-state index contributed by atoms with van der Waals surface area (Å²) in [5.41, 5.74) is 12.4. The predicted octanol–water partition coefficient (Wildman–Crippen LogP) is 11.5. The van der Waals surface area contributed by atoms with Gasteiger partial charge in [0, 0.05) is 22.3 Å². The molecule has 0 aromatic heterocycles. The number of rotatable bonds is 12. The van der Waals surface area contributed by atoms with E-state index < -0.39 is 0 Å². The van der Waals surface area contributed by atoms with Crippen molar-refractivity contribution in [3.05, 3.63) is 191 Å². The Hall–Kier alpha value is -7.32. The van der Waals surface area contributed by atoms with Gasteiger partial charge in [0.1, 0.15) is 23.0 Å². The number of hydrogen-bond donors (Lipinski definition) is 3. The highest BCUT2D eigenvalue weighted by atomic mass is 16.5. The van der Waals surface area contributed by atoms with E-state index >= 15 is 0 Å². The van der Waals surface area contributed by atoms with Crippen molar-refractivity contribution in [2.24, 2.45) is 20.0 Å². The molecule has 4 aromatic carbocycles. The number of hydrogen-bond acceptors (Lipinski definition) is 8. The van der Waals surface area contributed by atoms with E-state index in [0.717, 1.165) is 68.1 Å². The summed E-state index contributed by atoms with van der Waals surface area (Å²) in [7, 11) is 0. The molecule has 8 heteroatoms. The summed E-state index contributed by atoms with van der Waals surface area (Å²) in [6, 6.07) is 29.4. The quantitative estimate of drug-likeness (QED) is 0.124. The second-order valence-electron chi connectivity index (χ2n) is 15.1. The van der Waals surface area contributed by atoms with Crippen LogP contribution in [0.4, 0.5) is 0 Å². The van der Waals surface area contributed by atoms with Crippen LogP contribution < -0.4 is 4.74 Å². The Bertz CT molecular complexity index is 2690. The van der Waals surface area contributed by atoms with E-state index in [9.17, 15) is 15.3 Å². The number of benzene rings is 4. The first-order valence-electron chi connectivity index (χ1n) is 20.6. The number of phenols is 3. The number of fused-ring (bicyclic) bond motifs is 4. The summed E-state index contributed by atoms with van der Waals surface area (Å²) in [5, 5.41) is 30.8. The van der Waals surface area contributed by atoms with Gasteiger partial charge < -0.3 is 20.1 Å². The van der Waals surface area contributed by atoms with Crippen molar-refractivity contribution in [3.63, 3.8) is 0 Å². The molecule has 60 heavy (non-hydrogen) atoms. The lowest BCUT2D eigenvalue weighted by Gasteiger charge is -2.13. The number of aromatic hydroxyl groups is 3. The molecule has 5 aliphatic heterocycles. The Morgan fingerprint density at radius 3 is 1.00 bits per heavy atom. The van der Waals surface area contributed by atoms with Crippen molar-refractivity contribution in [2.45, 2.75) is 45.4 Å². The zero-order valence-electron chi connectivity index (χ0n) is 33.3. The van der Waals surface area contributed by atoms with E-state index in [0.29, 0.717) is 40.8 Å². The highest BCUT2D eigenvalue weighted by molar-refractivity contribution is 6.39. The van der Waals surface area contributed by atoms with Crippen LogP contribution in [-0.2, 0) is 0 Å². The summed E-state index contributed by atoms with van der Waals surface area (Å²) in [6.45, 7) is 2.91. The number of allylic oxidation sites excluding steroid dienone is 12. The van der Waals surface area contributed by atoms with Gasteiger partial charge in [-0.1, -0.05) is 87.6 Å². The summed E-state index contributed by atoms with van der Waals surface area (Å²) in [6.07, 6.45) is 23.2. The summed E-state index contributed by atoms with van der Waals surface area (Å²) >= 11 is 0. The molecule has 0 spiro atoms. The monoisotopic (exact) mass is 788 g/mol. The highest BCUT2D eigenvalue weighted by Crippen LogP contribution is 2.39. The maximum Gasteiger partial charge on any atom is 0.119 e. The van der Waals surface area contributed by atoms with Crippen LogP contribution in [0.5, 0.6) is 23.0 Å². The minimum Gasteiger partial charge on any atom is -0.508 e. The van der Waals surface area contributed by atoms with Gasteiger partial charge in [0.2, 0.25) is 0 Å². The number of nitrogens with zero attached hydrogens (tertiary/aromatic N) is 4. The summed E-state index contributed by atoms with van der Waals surface area (Å²) in [4.78, 5) is 21.1. The molecule has 8 bridgehead atoms. The molecule has 5 aliphatic rings. The maximum atomic E-state index is 10.3. The van der Waals surface area contributed by atoms with E-state index in [2.05, 4.69) is 19.1 Å². The van der Waals surface area contributed by atoms with Crippen LogP contribution in [0.15, 0.2) is 188 Å². The normalized spacial score (nSPS) is 16.6. The average molecular weight is 789 g/mol. The Labute approximate surface area is 349 Å². The molecule has 0 aliphatic carbocycles. The largest absolute Gasteiger partial charge is 0.508 e. The zero-order valence-corrected chi connectivity index (χ0v) is 33.3. The van der Waals surface area contributed by atoms with E-state index in [-0.39, 0.29) is 17.2 Å². The van der Waals surface area contributed by atoms with Gasteiger partial charge in [-0.2, -0.15) is 0 Å². The third kappa shape index (κ3) is 7.92. The fourth-order valence-corrected chi connectivity index (χ4v) is 7.95. The van der Waals surface area contributed by atoms with Gasteiger partial charge >= 0.3 is 0 Å². The van der Waals surface area contributed by atoms with Crippen LogP contribution in [0.3, 0.4) is 0 Å². The third-order valence-electron chi connectivity index (χ3n) is 11.0. The van der Waals surface area contributed by atoms with E-state index in [1.165, 1.54) is 32.1 Å². The van der Waals surface area contributed by atoms with E-state index in [4.69, 9.17) is 24.7 Å². The predicted molar refractivity (Wildman–Crippen MR) is 244 cm³/mol. The topological polar surface area (TPSA) is 119 Å². The third-order valence-corrected chi connectivity index (χ3v) is 11.0. The first-order chi connectivity index (χ1) is 29.4. The van der Waals surface area contributed by atoms with E-state index in [1.807, 2.05) is 97.1 Å². The van der Waals surface area contributed by atoms with Gasteiger partial charge in [0.25, 0.3) is 0 Å². The molecule has 296 valence electrons. The molecule has 0 amide bonds. The Morgan fingerprint density at radius 2 is 0.667 bits per heavy atom. The molecule has 0 fully saturated rings. The minimum atomic E-state index is 0.158. The van der Waals surface area contributed by atoms with Gasteiger partial charge in [0.05, 0.1) is 52.2 Å². The van der Waals surface area contributed by atoms with Gasteiger partial charge in [-0.25, -0.2) is 20.0 Å². The molecule has 0 saturated carbocycles. The molecule has 0 atom stereocenters. The van der Waals surface area contributed by atoms with Crippen LogP contribution in [0.1, 0.15) is 67.7 Å². The number of ether oxygens (including phenoxy) is 1. The lowest BCUT2D eigenvalue weighted by atomic mass is 9.98. The molecular weight excluding hydrogens is 745 g/mol. The zero-order chi connectivity index (χ0) is 41.0. The maximum absolute atomic E-state index is 10.3. The fraction of sp³-hybridized carbons (Fsp3) is 0.154. The minimum absolute atomic E-state index is 0.158. The van der Waals surface area contributed by atoms with Crippen molar-refractivity contribution in [1.82, 2.24) is 0 Å². The summed E-state index contributed by atoms with van der Waals surface area (Å²) < 4.78 is 6.17. The second kappa shape index (κ2) is 16.9. The molecule has 3 N–H and O–H groups in total. The SMILES string of the molecule is CCCCCCCCOc1ccc(C2=C3C=CC(=N3)C(c3ccc(O)cc3)=C3C=CC(=N3)C(c3ccc(O)cc3)=C3C=CC(=N3)C(c3ccc(O)cc3)=C3C=CC2=N3)cc1. The van der Waals surface area contributed by atoms with Crippen LogP contribution in [-0.4, -0.2) is 44.8 Å². The molecule has 9 rings (SSSR count). The number of unbranched alkanes of at least 4 members (excludes halogenated alkanes) is 5. The second-order valence-corrected chi connectivity index (χ2v) is 15.1. The van der Waals surface area contributed by atoms with Crippen molar-refractivity contribution < 1.29 is 20.1 Å². The van der Waals surface area contributed by atoms with Crippen molar-refractivity contribution >= 4 is 45.1 Å². The van der Waals surface area contributed by atoms with Crippen LogP contribution >= 0.6 is 0 Å². The first kappa shape index (κ1) is 38.2. The smallest absolute Gasteiger partial charge is 0.119 e. The lowest BCUT2D eigenvalue weighted by molar-refractivity contribution is 0.304. The lowest BCUT2D eigenvalue weighted by Crippen LogP contribution is -2.04. The van der Waals surface area contributed by atoms with Crippen LogP contribution in [0, 0.1) is 0 Å². The Balaban J connectivity index is 1.22. The van der Waals surface area contributed by atoms with E-state index in [1.54, 1.807) is 36.4 Å². The fourth-order valence-electron chi connectivity index (χ4n) is 7.95. The molecule has 4 aromatic rings. The molecular formula is C52H44N4O4. The van der Waals surface area contributed by atoms with Crippen molar-refractivity contribution in [3.8, 4) is 23.0 Å². The van der Waals surface area contributed by atoms with Crippen molar-refractivity contribution in [2.75, 3.05) is 6.61 Å². The molecule has 0 unspecified atom stereocenters. The van der Waals surface area contributed by atoms with Gasteiger partial charge in [0.15, 0.2) is 0 Å². The molecule has 0 saturated heterocycles. The molecule has 5 heterocycles. The standard InChI is InChI=1S/C52H44N4O4/c1-2-3-4-5-6-7-32-60-40-22-14-36(15-23-40)52-47-30-28-45(55-47)50(34-10-18-38(58)19-11-34)43-26-24-41(53-43)49(33-8-16-37(57)17-9-33)42-25-27-44(54-42)51(46-29-31-48(52)56-46)35-12-20-39(59)21-13-35/h8-31,57-59H,2-7,32H2,1H3. The van der Waals surface area contributed by atoms with Crippen LogP contribution in [0.2, 0.25) is 0 Å². The molecule has 8 nitrogen and oxygen atoms in total. The first-order valence-corrected chi connectivity index (χ1v) is 20.6. The Kier molecular flexibility index (Phi) is 10.7. The molecule has 0 radical (unpaired) electrons. The van der Waals surface area contributed by atoms with Gasteiger partial charge in [-0.3, -0.25) is 0 Å². The van der Waals surface area contributed by atoms with Gasteiger partial charge in [-0.05, 0) is 126 Å². The van der Waals surface area contributed by atoms with Crippen molar-refractivity contribution in [1.29, 1.82) is 0 Å². The summed E-state index contributed by atoms with van der Waals surface area (Å²) in [5.74, 6) is 1.31. The number of aliphatic imine (C=N–C) groups is 4. The van der Waals surface area contributed by atoms with Gasteiger partial charge in [-0.15, -0.1) is 0 Å². The number of phenolic OH excluding ortho intramolecular Hbond substituents is 3. The average Bonchev–Trinajstić information content (AvgIpc) is 4.11.